The van der Waals surface area contributed by atoms with Gasteiger partial charge in [-0.3, -0.25) is 9.48 Å². The van der Waals surface area contributed by atoms with Crippen LogP contribution in [0.25, 0.3) is 0 Å². The predicted octanol–water partition coefficient (Wildman–Crippen LogP) is 1.77. The number of rotatable bonds is 4. The summed E-state index contributed by atoms with van der Waals surface area (Å²) >= 11 is 5.81. The normalized spacial score (nSPS) is 24.3. The van der Waals surface area contributed by atoms with E-state index in [1.807, 2.05) is 0 Å². The van der Waals surface area contributed by atoms with Crippen LogP contribution in [-0.2, 0) is 20.8 Å². The SMILES string of the molecule is O=C(CCn1cc(Cl)cn1)N[C@@H]1CCOC2(CCOCC2)C1. The van der Waals surface area contributed by atoms with Crippen molar-refractivity contribution in [3.05, 3.63) is 17.4 Å². The van der Waals surface area contributed by atoms with E-state index < -0.39 is 0 Å². The molecule has 0 bridgehead atoms. The summed E-state index contributed by atoms with van der Waals surface area (Å²) < 4.78 is 13.1. The van der Waals surface area contributed by atoms with Crippen LogP contribution in [0.3, 0.4) is 0 Å². The zero-order chi connectivity index (χ0) is 15.4. The average molecular weight is 328 g/mol. The Morgan fingerprint density at radius 3 is 3.00 bits per heavy atom. The van der Waals surface area contributed by atoms with E-state index in [1.165, 1.54) is 0 Å². The molecule has 0 aliphatic carbocycles. The van der Waals surface area contributed by atoms with Crippen LogP contribution in [0.15, 0.2) is 12.4 Å². The summed E-state index contributed by atoms with van der Waals surface area (Å²) in [5, 5.41) is 7.80. The number of hydrogen-bond donors (Lipinski definition) is 1. The first-order chi connectivity index (χ1) is 10.7. The molecule has 6 nitrogen and oxygen atoms in total. The van der Waals surface area contributed by atoms with E-state index in [2.05, 4.69) is 10.4 Å². The van der Waals surface area contributed by atoms with Gasteiger partial charge < -0.3 is 14.8 Å². The van der Waals surface area contributed by atoms with Crippen molar-refractivity contribution in [3.63, 3.8) is 0 Å². The summed E-state index contributed by atoms with van der Waals surface area (Å²) in [5.41, 5.74) is -0.0933. The molecular weight excluding hydrogens is 306 g/mol. The monoisotopic (exact) mass is 327 g/mol. The van der Waals surface area contributed by atoms with E-state index in [-0.39, 0.29) is 17.6 Å². The average Bonchev–Trinajstić information content (AvgIpc) is 2.92. The van der Waals surface area contributed by atoms with E-state index in [0.717, 1.165) is 38.9 Å². The molecular formula is C15H22ClN3O3. The molecule has 1 aromatic rings. The Hall–Kier alpha value is -1.11. The number of carbonyl (C=O) groups excluding carboxylic acids is 1. The van der Waals surface area contributed by atoms with Crippen molar-refractivity contribution in [2.24, 2.45) is 0 Å². The summed E-state index contributed by atoms with van der Waals surface area (Å²) in [5.74, 6) is 0.0562. The minimum atomic E-state index is -0.0933. The Morgan fingerprint density at radius 2 is 2.27 bits per heavy atom. The second-order valence-corrected chi connectivity index (χ2v) is 6.51. The maximum atomic E-state index is 12.1. The first-order valence-electron chi connectivity index (χ1n) is 7.84. The van der Waals surface area contributed by atoms with E-state index in [4.69, 9.17) is 21.1 Å². The van der Waals surface area contributed by atoms with Crippen molar-refractivity contribution < 1.29 is 14.3 Å². The van der Waals surface area contributed by atoms with E-state index in [0.29, 0.717) is 24.6 Å². The number of aryl methyl sites for hydroxylation is 1. The first-order valence-corrected chi connectivity index (χ1v) is 8.22. The number of halogens is 1. The Labute approximate surface area is 135 Å². The molecule has 1 spiro atoms. The topological polar surface area (TPSA) is 65.4 Å². The molecule has 1 aromatic heterocycles. The van der Waals surface area contributed by atoms with Crippen LogP contribution >= 0.6 is 11.6 Å². The van der Waals surface area contributed by atoms with Crippen molar-refractivity contribution >= 4 is 17.5 Å². The zero-order valence-corrected chi connectivity index (χ0v) is 13.3. The maximum absolute atomic E-state index is 12.1. The quantitative estimate of drug-likeness (QED) is 0.915. The standard InChI is InChI=1S/C15H22ClN3O3/c16-12-10-17-19(11-12)5-1-14(20)18-13-2-6-22-15(9-13)3-7-21-8-4-15/h10-11,13H,1-9H2,(H,18,20)/t13-/m1/s1. The molecule has 1 amide bonds. The largest absolute Gasteiger partial charge is 0.381 e. The van der Waals surface area contributed by atoms with Gasteiger partial charge in [0.05, 0.1) is 16.8 Å². The molecule has 2 fully saturated rings. The van der Waals surface area contributed by atoms with Gasteiger partial charge in [0.2, 0.25) is 5.91 Å². The molecule has 22 heavy (non-hydrogen) atoms. The van der Waals surface area contributed by atoms with Crippen LogP contribution < -0.4 is 5.32 Å². The summed E-state index contributed by atoms with van der Waals surface area (Å²) in [6.45, 7) is 2.75. The van der Waals surface area contributed by atoms with Crippen molar-refractivity contribution in [1.82, 2.24) is 15.1 Å². The summed E-state index contributed by atoms with van der Waals surface area (Å²) in [4.78, 5) is 12.1. The molecule has 0 radical (unpaired) electrons. The summed E-state index contributed by atoms with van der Waals surface area (Å²) in [7, 11) is 0. The van der Waals surface area contributed by atoms with Gasteiger partial charge in [-0.25, -0.2) is 0 Å². The van der Waals surface area contributed by atoms with Crippen molar-refractivity contribution in [2.45, 2.75) is 50.3 Å². The third-order valence-corrected chi connectivity index (χ3v) is 4.63. The lowest BCUT2D eigenvalue weighted by Crippen LogP contribution is -2.51. The van der Waals surface area contributed by atoms with Gasteiger partial charge >= 0.3 is 0 Å². The molecule has 122 valence electrons. The van der Waals surface area contributed by atoms with E-state index >= 15 is 0 Å². The van der Waals surface area contributed by atoms with Crippen LogP contribution in [0, 0.1) is 0 Å². The molecule has 2 aliphatic rings. The van der Waals surface area contributed by atoms with Crippen LogP contribution in [0.4, 0.5) is 0 Å². The van der Waals surface area contributed by atoms with E-state index in [9.17, 15) is 4.79 Å². The van der Waals surface area contributed by atoms with Gasteiger partial charge in [-0.15, -0.1) is 0 Å². The Bertz CT molecular complexity index is 508. The lowest BCUT2D eigenvalue weighted by Gasteiger charge is -2.43. The highest BCUT2D eigenvalue weighted by atomic mass is 35.5. The molecule has 0 unspecified atom stereocenters. The number of aromatic nitrogens is 2. The van der Waals surface area contributed by atoms with Crippen LogP contribution in [0.2, 0.25) is 5.02 Å². The van der Waals surface area contributed by atoms with Crippen LogP contribution in [0.1, 0.15) is 32.1 Å². The Kier molecular flexibility index (Phi) is 5.00. The highest BCUT2D eigenvalue weighted by molar-refractivity contribution is 6.30. The number of carbonyl (C=O) groups is 1. The third kappa shape index (κ3) is 4.00. The molecule has 2 saturated heterocycles. The number of nitrogens with zero attached hydrogens (tertiary/aromatic N) is 2. The fourth-order valence-electron chi connectivity index (χ4n) is 3.22. The van der Waals surface area contributed by atoms with Gasteiger partial charge in [0.15, 0.2) is 0 Å². The van der Waals surface area contributed by atoms with Gasteiger partial charge in [0.1, 0.15) is 0 Å². The maximum Gasteiger partial charge on any atom is 0.222 e. The Morgan fingerprint density at radius 1 is 1.45 bits per heavy atom. The second-order valence-electron chi connectivity index (χ2n) is 6.07. The number of nitrogens with one attached hydrogen (secondary N) is 1. The van der Waals surface area contributed by atoms with Gasteiger partial charge in [-0.1, -0.05) is 11.6 Å². The van der Waals surface area contributed by atoms with Gasteiger partial charge in [-0.2, -0.15) is 5.10 Å². The molecule has 1 N–H and O–H groups in total. The van der Waals surface area contributed by atoms with E-state index in [1.54, 1.807) is 17.1 Å². The van der Waals surface area contributed by atoms with Gasteiger partial charge in [0.25, 0.3) is 0 Å². The van der Waals surface area contributed by atoms with Crippen LogP contribution in [-0.4, -0.2) is 47.2 Å². The molecule has 0 saturated carbocycles. The zero-order valence-electron chi connectivity index (χ0n) is 12.6. The lowest BCUT2D eigenvalue weighted by molar-refractivity contribution is -0.144. The van der Waals surface area contributed by atoms with Crippen molar-refractivity contribution in [1.29, 1.82) is 0 Å². The Balaban J connectivity index is 1.46. The van der Waals surface area contributed by atoms with Gasteiger partial charge in [-0.05, 0) is 25.7 Å². The van der Waals surface area contributed by atoms with Crippen LogP contribution in [0.5, 0.6) is 0 Å². The van der Waals surface area contributed by atoms with Gasteiger partial charge in [0, 0.05) is 45.0 Å². The van der Waals surface area contributed by atoms with Crippen molar-refractivity contribution in [2.75, 3.05) is 19.8 Å². The minimum absolute atomic E-state index is 0.0562. The fourth-order valence-corrected chi connectivity index (χ4v) is 3.38. The molecule has 3 heterocycles. The summed E-state index contributed by atoms with van der Waals surface area (Å²) in [6.07, 6.45) is 7.31. The molecule has 7 heteroatoms. The molecule has 0 aromatic carbocycles. The third-order valence-electron chi connectivity index (χ3n) is 4.43. The fraction of sp³-hybridized carbons (Fsp3) is 0.733. The minimum Gasteiger partial charge on any atom is -0.381 e. The lowest BCUT2D eigenvalue weighted by atomic mass is 9.84. The first kappa shape index (κ1) is 15.8. The number of amides is 1. The molecule has 3 rings (SSSR count). The molecule has 1 atom stereocenters. The predicted molar refractivity (Wildman–Crippen MR) is 81.8 cm³/mol. The highest BCUT2D eigenvalue weighted by Gasteiger charge is 2.39. The smallest absolute Gasteiger partial charge is 0.222 e. The highest BCUT2D eigenvalue weighted by Crippen LogP contribution is 2.34. The number of ether oxygens (including phenoxy) is 2. The molecule has 2 aliphatic heterocycles. The van der Waals surface area contributed by atoms with Crippen molar-refractivity contribution in [3.8, 4) is 0 Å². The number of hydrogen-bond acceptors (Lipinski definition) is 4. The second kappa shape index (κ2) is 6.98. The summed E-state index contributed by atoms with van der Waals surface area (Å²) in [6, 6.07) is 0.195.